The standard InChI is InChI=1S/C11H19N5/c1-2-11(6-3-7-11)16-10(13-14-15-16)8-12-9-4-5-9/h9,12H,2-8H2,1H3. The molecule has 1 aromatic rings. The van der Waals surface area contributed by atoms with Gasteiger partial charge in [-0.2, -0.15) is 0 Å². The van der Waals surface area contributed by atoms with Crippen LogP contribution in [0.5, 0.6) is 0 Å². The van der Waals surface area contributed by atoms with Gasteiger partial charge in [-0.3, -0.25) is 0 Å². The minimum absolute atomic E-state index is 0.226. The number of hydrogen-bond donors (Lipinski definition) is 1. The second kappa shape index (κ2) is 3.80. The predicted molar refractivity (Wildman–Crippen MR) is 59.8 cm³/mol. The fourth-order valence-electron chi connectivity index (χ4n) is 2.51. The molecule has 0 radical (unpaired) electrons. The highest BCUT2D eigenvalue weighted by Crippen LogP contribution is 2.41. The van der Waals surface area contributed by atoms with Gasteiger partial charge in [-0.05, 0) is 49.0 Å². The van der Waals surface area contributed by atoms with Crippen LogP contribution in [0.4, 0.5) is 0 Å². The Hall–Kier alpha value is -0.970. The van der Waals surface area contributed by atoms with E-state index in [1.54, 1.807) is 0 Å². The molecule has 3 rings (SSSR count). The average molecular weight is 221 g/mol. The molecule has 2 aliphatic rings. The Morgan fingerprint density at radius 2 is 2.25 bits per heavy atom. The summed E-state index contributed by atoms with van der Waals surface area (Å²) >= 11 is 0. The third kappa shape index (κ3) is 1.63. The van der Waals surface area contributed by atoms with Gasteiger partial charge in [0.15, 0.2) is 5.82 Å². The molecule has 2 fully saturated rings. The highest BCUT2D eigenvalue weighted by molar-refractivity contribution is 4.98. The molecule has 16 heavy (non-hydrogen) atoms. The summed E-state index contributed by atoms with van der Waals surface area (Å²) in [5.74, 6) is 1.01. The van der Waals surface area contributed by atoms with Gasteiger partial charge in [-0.1, -0.05) is 6.92 Å². The lowest BCUT2D eigenvalue weighted by Gasteiger charge is -2.41. The van der Waals surface area contributed by atoms with Gasteiger partial charge in [0, 0.05) is 6.04 Å². The summed E-state index contributed by atoms with van der Waals surface area (Å²) in [6, 6.07) is 0.712. The number of hydrogen-bond acceptors (Lipinski definition) is 4. The third-order valence-electron chi connectivity index (χ3n) is 4.05. The monoisotopic (exact) mass is 221 g/mol. The van der Waals surface area contributed by atoms with Crippen molar-refractivity contribution in [3.05, 3.63) is 5.82 Å². The van der Waals surface area contributed by atoms with Crippen molar-refractivity contribution in [1.82, 2.24) is 25.5 Å². The van der Waals surface area contributed by atoms with Crippen molar-refractivity contribution in [2.75, 3.05) is 0 Å². The van der Waals surface area contributed by atoms with E-state index in [-0.39, 0.29) is 5.54 Å². The Morgan fingerprint density at radius 3 is 2.81 bits per heavy atom. The molecule has 0 bridgehead atoms. The van der Waals surface area contributed by atoms with Crippen molar-refractivity contribution in [1.29, 1.82) is 0 Å². The maximum atomic E-state index is 4.20. The van der Waals surface area contributed by atoms with Crippen molar-refractivity contribution in [3.63, 3.8) is 0 Å². The van der Waals surface area contributed by atoms with Gasteiger partial charge < -0.3 is 5.32 Å². The number of tetrazole rings is 1. The van der Waals surface area contributed by atoms with Crippen LogP contribution in [0.25, 0.3) is 0 Å². The number of rotatable bonds is 5. The summed E-state index contributed by atoms with van der Waals surface area (Å²) in [5.41, 5.74) is 0.226. The van der Waals surface area contributed by atoms with E-state index in [1.807, 2.05) is 0 Å². The second-order valence-corrected chi connectivity index (χ2v) is 5.09. The van der Waals surface area contributed by atoms with Crippen molar-refractivity contribution < 1.29 is 0 Å². The highest BCUT2D eigenvalue weighted by atomic mass is 15.6. The first-order chi connectivity index (χ1) is 7.84. The zero-order chi connectivity index (χ0) is 11.0. The van der Waals surface area contributed by atoms with E-state index in [4.69, 9.17) is 0 Å². The average Bonchev–Trinajstić information content (AvgIpc) is 2.95. The van der Waals surface area contributed by atoms with Crippen LogP contribution >= 0.6 is 0 Å². The van der Waals surface area contributed by atoms with Gasteiger partial charge in [-0.25, -0.2) is 4.68 Å². The van der Waals surface area contributed by atoms with E-state index < -0.39 is 0 Å². The van der Waals surface area contributed by atoms with E-state index in [0.29, 0.717) is 6.04 Å². The van der Waals surface area contributed by atoms with Crippen LogP contribution in [0.2, 0.25) is 0 Å². The lowest BCUT2D eigenvalue weighted by Crippen LogP contribution is -2.42. The first-order valence-electron chi connectivity index (χ1n) is 6.35. The summed E-state index contributed by atoms with van der Waals surface area (Å²) in [6.07, 6.45) is 7.51. The fraction of sp³-hybridized carbons (Fsp3) is 0.909. The van der Waals surface area contributed by atoms with Crippen molar-refractivity contribution in [2.45, 2.75) is 63.6 Å². The molecule has 88 valence electrons. The lowest BCUT2D eigenvalue weighted by atomic mass is 9.75. The van der Waals surface area contributed by atoms with E-state index in [0.717, 1.165) is 18.8 Å². The Balaban J connectivity index is 1.75. The topological polar surface area (TPSA) is 55.6 Å². The normalized spacial score (nSPS) is 23.1. The van der Waals surface area contributed by atoms with E-state index in [1.165, 1.54) is 32.1 Å². The fourth-order valence-corrected chi connectivity index (χ4v) is 2.51. The number of nitrogens with one attached hydrogen (secondary N) is 1. The maximum Gasteiger partial charge on any atom is 0.165 e. The van der Waals surface area contributed by atoms with Crippen molar-refractivity contribution in [3.8, 4) is 0 Å². The van der Waals surface area contributed by atoms with Crippen LogP contribution in [-0.4, -0.2) is 26.2 Å². The summed E-state index contributed by atoms with van der Waals surface area (Å²) in [7, 11) is 0. The third-order valence-corrected chi connectivity index (χ3v) is 4.05. The number of aromatic nitrogens is 4. The van der Waals surface area contributed by atoms with E-state index in [9.17, 15) is 0 Å². The zero-order valence-corrected chi connectivity index (χ0v) is 9.82. The number of nitrogens with zero attached hydrogens (tertiary/aromatic N) is 4. The molecular weight excluding hydrogens is 202 g/mol. The summed E-state index contributed by atoms with van der Waals surface area (Å²) < 4.78 is 2.08. The summed E-state index contributed by atoms with van der Waals surface area (Å²) in [5, 5.41) is 15.7. The molecule has 2 aliphatic carbocycles. The Labute approximate surface area is 95.6 Å². The molecular formula is C11H19N5. The van der Waals surface area contributed by atoms with Crippen LogP contribution in [0.3, 0.4) is 0 Å². The molecule has 1 aromatic heterocycles. The lowest BCUT2D eigenvalue weighted by molar-refractivity contribution is 0.111. The first kappa shape index (κ1) is 10.2. The van der Waals surface area contributed by atoms with Crippen LogP contribution in [0, 0.1) is 0 Å². The van der Waals surface area contributed by atoms with Crippen molar-refractivity contribution in [2.24, 2.45) is 0 Å². The molecule has 5 nitrogen and oxygen atoms in total. The molecule has 0 unspecified atom stereocenters. The minimum atomic E-state index is 0.226. The second-order valence-electron chi connectivity index (χ2n) is 5.09. The largest absolute Gasteiger partial charge is 0.307 e. The SMILES string of the molecule is CCC1(n2nnnc2CNC2CC2)CCC1. The van der Waals surface area contributed by atoms with Gasteiger partial charge >= 0.3 is 0 Å². The van der Waals surface area contributed by atoms with Crippen LogP contribution < -0.4 is 5.32 Å². The maximum absolute atomic E-state index is 4.20. The van der Waals surface area contributed by atoms with Gasteiger partial charge in [0.05, 0.1) is 12.1 Å². The van der Waals surface area contributed by atoms with Gasteiger partial charge in [-0.15, -0.1) is 5.10 Å². The predicted octanol–water partition coefficient (Wildman–Crippen LogP) is 1.21. The molecule has 0 spiro atoms. The van der Waals surface area contributed by atoms with Crippen LogP contribution in [-0.2, 0) is 12.1 Å². The van der Waals surface area contributed by atoms with Gasteiger partial charge in [0.1, 0.15) is 0 Å². The highest BCUT2D eigenvalue weighted by Gasteiger charge is 2.40. The molecule has 1 heterocycles. The molecule has 0 atom stereocenters. The molecule has 0 aliphatic heterocycles. The molecule has 0 amide bonds. The smallest absolute Gasteiger partial charge is 0.165 e. The molecule has 2 saturated carbocycles. The zero-order valence-electron chi connectivity index (χ0n) is 9.82. The Bertz CT molecular complexity index is 359. The quantitative estimate of drug-likeness (QED) is 0.812. The molecule has 0 aromatic carbocycles. The first-order valence-corrected chi connectivity index (χ1v) is 6.35. The van der Waals surface area contributed by atoms with Gasteiger partial charge in [0.25, 0.3) is 0 Å². The summed E-state index contributed by atoms with van der Waals surface area (Å²) in [4.78, 5) is 0. The Morgan fingerprint density at radius 1 is 1.44 bits per heavy atom. The van der Waals surface area contributed by atoms with Crippen LogP contribution in [0.15, 0.2) is 0 Å². The molecule has 0 saturated heterocycles. The van der Waals surface area contributed by atoms with E-state index >= 15 is 0 Å². The van der Waals surface area contributed by atoms with Crippen molar-refractivity contribution >= 4 is 0 Å². The molecule has 5 heteroatoms. The van der Waals surface area contributed by atoms with E-state index in [2.05, 4.69) is 32.4 Å². The van der Waals surface area contributed by atoms with Crippen LogP contribution in [0.1, 0.15) is 51.3 Å². The van der Waals surface area contributed by atoms with Gasteiger partial charge in [0.2, 0.25) is 0 Å². The Kier molecular flexibility index (Phi) is 2.42. The summed E-state index contributed by atoms with van der Waals surface area (Å²) in [6.45, 7) is 3.05. The minimum Gasteiger partial charge on any atom is -0.307 e. The molecule has 1 N–H and O–H groups in total.